The van der Waals surface area contributed by atoms with Crippen molar-refractivity contribution in [3.05, 3.63) is 36.4 Å². The van der Waals surface area contributed by atoms with E-state index in [-0.39, 0.29) is 18.3 Å². The Bertz CT molecular complexity index is 635. The molecule has 4 heteroatoms. The molecule has 2 N–H and O–H groups in total. The van der Waals surface area contributed by atoms with E-state index in [0.717, 1.165) is 23.6 Å². The molecule has 1 saturated carbocycles. The first-order valence-corrected chi connectivity index (χ1v) is 6.86. The van der Waals surface area contributed by atoms with E-state index in [9.17, 15) is 9.90 Å². The molecule has 0 saturated heterocycles. The smallest absolute Gasteiger partial charge is 0.223 e. The van der Waals surface area contributed by atoms with Gasteiger partial charge in [-0.1, -0.05) is 24.3 Å². The topological polar surface area (TPSA) is 58.6 Å². The van der Waals surface area contributed by atoms with E-state index < -0.39 is 0 Å². The Labute approximate surface area is 117 Å². The number of nitrogens with one attached hydrogen (secondary N) is 1. The zero-order valence-electron chi connectivity index (χ0n) is 11.1. The van der Waals surface area contributed by atoms with Crippen LogP contribution in [-0.2, 0) is 4.79 Å². The molecule has 4 nitrogen and oxygen atoms in total. The maximum atomic E-state index is 11.5. The van der Waals surface area contributed by atoms with Crippen molar-refractivity contribution >= 4 is 16.7 Å². The fraction of sp³-hybridized carbons (Fsp3) is 0.312. The highest BCUT2D eigenvalue weighted by molar-refractivity contribution is 5.85. The van der Waals surface area contributed by atoms with Crippen molar-refractivity contribution in [3.8, 4) is 11.5 Å². The molecule has 2 aromatic rings. The summed E-state index contributed by atoms with van der Waals surface area (Å²) in [5.41, 5.74) is 0. The monoisotopic (exact) mass is 271 g/mol. The van der Waals surface area contributed by atoms with Crippen molar-refractivity contribution in [1.82, 2.24) is 5.32 Å². The van der Waals surface area contributed by atoms with Crippen LogP contribution in [0.15, 0.2) is 36.4 Å². The lowest BCUT2D eigenvalue weighted by atomic mass is 10.1. The van der Waals surface area contributed by atoms with Crippen LogP contribution in [0.3, 0.4) is 0 Å². The zero-order valence-corrected chi connectivity index (χ0v) is 11.1. The van der Waals surface area contributed by atoms with Gasteiger partial charge in [0.2, 0.25) is 5.91 Å². The van der Waals surface area contributed by atoms with Gasteiger partial charge in [0.15, 0.2) is 11.5 Å². The van der Waals surface area contributed by atoms with Crippen LogP contribution in [0.5, 0.6) is 11.5 Å². The lowest BCUT2D eigenvalue weighted by Gasteiger charge is -2.09. The summed E-state index contributed by atoms with van der Waals surface area (Å²) in [6.45, 7) is 0.268. The van der Waals surface area contributed by atoms with Crippen LogP contribution in [0, 0.1) is 0 Å². The lowest BCUT2D eigenvalue weighted by molar-refractivity contribution is -0.121. The summed E-state index contributed by atoms with van der Waals surface area (Å²) < 4.78 is 5.51. The standard InChI is InChI=1S/C16H17NO3/c18-14-9-11-3-1-2-4-12(11)10-15(14)20-8-7-16(19)17-13-5-6-13/h1-4,9-10,13,18H,5-8H2,(H,17,19). The highest BCUT2D eigenvalue weighted by Crippen LogP contribution is 2.31. The summed E-state index contributed by atoms with van der Waals surface area (Å²) in [6.07, 6.45) is 2.47. The van der Waals surface area contributed by atoms with E-state index in [1.165, 1.54) is 0 Å². The Morgan fingerprint density at radius 1 is 1.25 bits per heavy atom. The van der Waals surface area contributed by atoms with Crippen molar-refractivity contribution in [2.75, 3.05) is 6.61 Å². The highest BCUT2D eigenvalue weighted by Gasteiger charge is 2.22. The molecule has 0 aromatic heterocycles. The van der Waals surface area contributed by atoms with Crippen LogP contribution in [0.25, 0.3) is 10.8 Å². The van der Waals surface area contributed by atoms with Gasteiger partial charge in [-0.2, -0.15) is 0 Å². The average molecular weight is 271 g/mol. The third-order valence-corrected chi connectivity index (χ3v) is 3.36. The molecule has 0 unspecified atom stereocenters. The molecule has 1 aliphatic rings. The molecule has 0 heterocycles. The second-order valence-electron chi connectivity index (χ2n) is 5.11. The second-order valence-corrected chi connectivity index (χ2v) is 5.11. The zero-order chi connectivity index (χ0) is 13.9. The van der Waals surface area contributed by atoms with Gasteiger partial charge in [0.1, 0.15) is 0 Å². The van der Waals surface area contributed by atoms with Crippen molar-refractivity contribution in [3.63, 3.8) is 0 Å². The Hall–Kier alpha value is -2.23. The number of phenols is 1. The molecule has 1 amide bonds. The maximum absolute atomic E-state index is 11.5. The van der Waals surface area contributed by atoms with Crippen LogP contribution >= 0.6 is 0 Å². The van der Waals surface area contributed by atoms with Crippen molar-refractivity contribution in [2.24, 2.45) is 0 Å². The van der Waals surface area contributed by atoms with E-state index in [0.29, 0.717) is 18.2 Å². The lowest BCUT2D eigenvalue weighted by Crippen LogP contribution is -2.26. The summed E-state index contributed by atoms with van der Waals surface area (Å²) in [5, 5.41) is 14.8. The van der Waals surface area contributed by atoms with Gasteiger partial charge in [0.05, 0.1) is 13.0 Å². The Morgan fingerprint density at radius 2 is 1.95 bits per heavy atom. The molecule has 3 rings (SSSR count). The van der Waals surface area contributed by atoms with Crippen molar-refractivity contribution in [2.45, 2.75) is 25.3 Å². The molecule has 0 aliphatic heterocycles. The molecule has 0 spiro atoms. The molecule has 0 radical (unpaired) electrons. The van der Waals surface area contributed by atoms with Gasteiger partial charge in [-0.05, 0) is 35.7 Å². The Kier molecular flexibility index (Phi) is 3.46. The normalized spacial score (nSPS) is 14.2. The molecular formula is C16H17NO3. The van der Waals surface area contributed by atoms with Gasteiger partial charge in [-0.3, -0.25) is 4.79 Å². The van der Waals surface area contributed by atoms with Crippen LogP contribution in [0.1, 0.15) is 19.3 Å². The Morgan fingerprint density at radius 3 is 2.65 bits per heavy atom. The van der Waals surface area contributed by atoms with Gasteiger partial charge in [-0.25, -0.2) is 0 Å². The molecule has 20 heavy (non-hydrogen) atoms. The van der Waals surface area contributed by atoms with Crippen LogP contribution in [0.4, 0.5) is 0 Å². The number of phenolic OH excluding ortho intramolecular Hbond substituents is 1. The van der Waals surface area contributed by atoms with Crippen molar-refractivity contribution in [1.29, 1.82) is 0 Å². The first-order chi connectivity index (χ1) is 9.72. The predicted molar refractivity (Wildman–Crippen MR) is 76.9 cm³/mol. The van der Waals surface area contributed by atoms with Gasteiger partial charge >= 0.3 is 0 Å². The minimum atomic E-state index is 0.00720. The molecule has 2 aromatic carbocycles. The fourth-order valence-corrected chi connectivity index (χ4v) is 2.10. The minimum Gasteiger partial charge on any atom is -0.504 e. The first kappa shape index (κ1) is 12.8. The number of carbonyl (C=O) groups excluding carboxylic acids is 1. The fourth-order valence-electron chi connectivity index (χ4n) is 2.10. The number of fused-ring (bicyclic) bond motifs is 1. The minimum absolute atomic E-state index is 0.00720. The number of amides is 1. The number of hydrogen-bond acceptors (Lipinski definition) is 3. The number of benzene rings is 2. The molecule has 1 aliphatic carbocycles. The van der Waals surface area contributed by atoms with Gasteiger partial charge in [0.25, 0.3) is 0 Å². The summed E-state index contributed by atoms with van der Waals surface area (Å²) >= 11 is 0. The summed E-state index contributed by atoms with van der Waals surface area (Å²) in [4.78, 5) is 11.5. The maximum Gasteiger partial charge on any atom is 0.223 e. The largest absolute Gasteiger partial charge is 0.504 e. The van der Waals surface area contributed by atoms with Crippen LogP contribution < -0.4 is 10.1 Å². The number of ether oxygens (including phenoxy) is 1. The van der Waals surface area contributed by atoms with Crippen molar-refractivity contribution < 1.29 is 14.6 Å². The van der Waals surface area contributed by atoms with E-state index in [1.807, 2.05) is 24.3 Å². The Balaban J connectivity index is 1.61. The third-order valence-electron chi connectivity index (χ3n) is 3.36. The van der Waals surface area contributed by atoms with Gasteiger partial charge in [0, 0.05) is 6.04 Å². The molecule has 104 valence electrons. The third kappa shape index (κ3) is 3.02. The number of hydrogen-bond donors (Lipinski definition) is 2. The number of rotatable bonds is 5. The van der Waals surface area contributed by atoms with Gasteiger partial charge in [-0.15, -0.1) is 0 Å². The van der Waals surface area contributed by atoms with E-state index in [4.69, 9.17) is 4.74 Å². The summed E-state index contributed by atoms with van der Waals surface area (Å²) in [6, 6.07) is 11.6. The average Bonchev–Trinajstić information content (AvgIpc) is 3.23. The van der Waals surface area contributed by atoms with E-state index in [1.54, 1.807) is 12.1 Å². The van der Waals surface area contributed by atoms with Gasteiger partial charge < -0.3 is 15.2 Å². The summed E-state index contributed by atoms with van der Waals surface area (Å²) in [5.74, 6) is 0.530. The molecule has 0 bridgehead atoms. The molecular weight excluding hydrogens is 254 g/mol. The first-order valence-electron chi connectivity index (χ1n) is 6.86. The highest BCUT2D eigenvalue weighted by atomic mass is 16.5. The number of aromatic hydroxyl groups is 1. The molecule has 0 atom stereocenters. The van der Waals surface area contributed by atoms with Crippen LogP contribution in [-0.4, -0.2) is 23.7 Å². The van der Waals surface area contributed by atoms with E-state index in [2.05, 4.69) is 5.32 Å². The van der Waals surface area contributed by atoms with E-state index >= 15 is 0 Å². The molecule has 1 fully saturated rings. The second kappa shape index (κ2) is 5.41. The quantitative estimate of drug-likeness (QED) is 0.878. The SMILES string of the molecule is O=C(CCOc1cc2ccccc2cc1O)NC1CC1. The predicted octanol–water partition coefficient (Wildman–Crippen LogP) is 2.59. The summed E-state index contributed by atoms with van der Waals surface area (Å²) in [7, 11) is 0. The number of carbonyl (C=O) groups is 1. The van der Waals surface area contributed by atoms with Crippen LogP contribution in [0.2, 0.25) is 0 Å².